The Labute approximate surface area is 195 Å². The Morgan fingerprint density at radius 1 is 0.970 bits per heavy atom. The van der Waals surface area contributed by atoms with Gasteiger partial charge in [0.2, 0.25) is 11.8 Å². The van der Waals surface area contributed by atoms with Gasteiger partial charge in [-0.25, -0.2) is 0 Å². The minimum Gasteiger partial charge on any atom is -0.456 e. The van der Waals surface area contributed by atoms with Gasteiger partial charge in [-0.1, -0.05) is 36.6 Å². The van der Waals surface area contributed by atoms with Crippen LogP contribution in [0.3, 0.4) is 0 Å². The maximum absolute atomic E-state index is 12.4. The minimum absolute atomic E-state index is 0.315. The number of ether oxygens (including phenoxy) is 2. The van der Waals surface area contributed by atoms with Crippen molar-refractivity contribution < 1.29 is 28.7 Å². The fraction of sp³-hybridized carbons (Fsp3) is 0.333. The van der Waals surface area contributed by atoms with Gasteiger partial charge in [-0.15, -0.1) is 0 Å². The molecule has 1 saturated heterocycles. The van der Waals surface area contributed by atoms with Crippen molar-refractivity contribution in [3.8, 4) is 11.5 Å². The number of esters is 1. The predicted octanol–water partition coefficient (Wildman–Crippen LogP) is 3.79. The molecule has 2 aromatic carbocycles. The summed E-state index contributed by atoms with van der Waals surface area (Å²) in [5.41, 5.74) is 0.483. The van der Waals surface area contributed by atoms with Crippen molar-refractivity contribution >= 4 is 41.0 Å². The number of amides is 3. The zero-order chi connectivity index (χ0) is 23.4. The molecule has 1 aliphatic carbocycles. The lowest BCUT2D eigenvalue weighted by molar-refractivity contribution is -0.154. The highest BCUT2D eigenvalue weighted by molar-refractivity contribution is 6.32. The first-order chi connectivity index (χ1) is 15.9. The lowest BCUT2D eigenvalue weighted by atomic mass is 9.81. The molecule has 4 rings (SSSR count). The maximum Gasteiger partial charge on any atom is 0.326 e. The Bertz CT molecular complexity index is 1050. The number of imide groups is 1. The zero-order valence-corrected chi connectivity index (χ0v) is 18.5. The molecule has 1 saturated carbocycles. The van der Waals surface area contributed by atoms with Gasteiger partial charge < -0.3 is 14.8 Å². The zero-order valence-electron chi connectivity index (χ0n) is 17.8. The first-order valence-electron chi connectivity index (χ1n) is 10.8. The molecular weight excluding hydrogens is 448 g/mol. The number of fused-ring (bicyclic) bond motifs is 1. The van der Waals surface area contributed by atoms with E-state index in [4.69, 9.17) is 21.1 Å². The summed E-state index contributed by atoms with van der Waals surface area (Å²) in [6.45, 7) is -0.994. The monoisotopic (exact) mass is 470 g/mol. The highest BCUT2D eigenvalue weighted by Gasteiger charge is 2.48. The van der Waals surface area contributed by atoms with Gasteiger partial charge >= 0.3 is 5.97 Å². The summed E-state index contributed by atoms with van der Waals surface area (Å²) in [6, 6.07) is 13.7. The molecule has 2 aromatic rings. The third-order valence-electron chi connectivity index (χ3n) is 5.79. The third-order valence-corrected chi connectivity index (χ3v) is 6.10. The van der Waals surface area contributed by atoms with Crippen molar-refractivity contribution in [2.24, 2.45) is 11.8 Å². The quantitative estimate of drug-likeness (QED) is 0.488. The Morgan fingerprint density at radius 2 is 1.61 bits per heavy atom. The van der Waals surface area contributed by atoms with E-state index in [-0.39, 0.29) is 23.7 Å². The first kappa shape index (κ1) is 22.8. The van der Waals surface area contributed by atoms with E-state index in [9.17, 15) is 19.2 Å². The molecular formula is C24H23ClN2O6. The van der Waals surface area contributed by atoms with Gasteiger partial charge in [-0.3, -0.25) is 24.1 Å². The van der Waals surface area contributed by atoms with E-state index in [1.807, 2.05) is 0 Å². The van der Waals surface area contributed by atoms with Gasteiger partial charge in [-0.2, -0.15) is 0 Å². The molecule has 172 valence electrons. The summed E-state index contributed by atoms with van der Waals surface area (Å²) in [5.74, 6) is -1.58. The maximum atomic E-state index is 12.4. The van der Waals surface area contributed by atoms with Crippen LogP contribution in [0.4, 0.5) is 5.69 Å². The number of hydrogen-bond donors (Lipinski definition) is 1. The standard InChI is InChI=1S/C24H23ClN2O6/c25-19-7-3-4-8-20(19)33-16-11-9-15(10-12-16)26-21(28)14-32-22(29)13-27-23(30)17-5-1-2-6-18(17)24(27)31/h3-4,7-12,17-18H,1-2,5-6,13-14H2,(H,26,28). The van der Waals surface area contributed by atoms with Crippen LogP contribution in [0, 0.1) is 11.8 Å². The van der Waals surface area contributed by atoms with Crippen LogP contribution in [-0.4, -0.2) is 41.7 Å². The molecule has 1 heterocycles. The van der Waals surface area contributed by atoms with E-state index in [0.29, 0.717) is 35.1 Å². The Balaban J connectivity index is 1.24. The number of hydrogen-bond acceptors (Lipinski definition) is 6. The molecule has 8 nitrogen and oxygen atoms in total. The smallest absolute Gasteiger partial charge is 0.326 e. The molecule has 0 radical (unpaired) electrons. The van der Waals surface area contributed by atoms with Crippen LogP contribution in [0.5, 0.6) is 11.5 Å². The normalized spacial score (nSPS) is 19.7. The Morgan fingerprint density at radius 3 is 2.24 bits per heavy atom. The second-order valence-corrected chi connectivity index (χ2v) is 8.43. The number of likely N-dealkylation sites (tertiary alicyclic amines) is 1. The summed E-state index contributed by atoms with van der Waals surface area (Å²) in [5, 5.41) is 3.09. The van der Waals surface area contributed by atoms with E-state index in [2.05, 4.69) is 5.32 Å². The van der Waals surface area contributed by atoms with E-state index < -0.39 is 25.0 Å². The van der Waals surface area contributed by atoms with Gasteiger partial charge in [0.1, 0.15) is 18.0 Å². The van der Waals surface area contributed by atoms with Crippen LogP contribution < -0.4 is 10.1 Å². The number of nitrogens with zero attached hydrogens (tertiary/aromatic N) is 1. The van der Waals surface area contributed by atoms with Gasteiger partial charge in [0.15, 0.2) is 6.61 Å². The largest absolute Gasteiger partial charge is 0.456 e. The van der Waals surface area contributed by atoms with Crippen molar-refractivity contribution in [1.82, 2.24) is 4.90 Å². The number of carbonyl (C=O) groups excluding carboxylic acids is 4. The van der Waals surface area contributed by atoms with Crippen LogP contribution in [0.1, 0.15) is 25.7 Å². The van der Waals surface area contributed by atoms with Crippen molar-refractivity contribution in [3.63, 3.8) is 0 Å². The number of anilines is 1. The van der Waals surface area contributed by atoms with Crippen LogP contribution in [-0.2, 0) is 23.9 Å². The topological polar surface area (TPSA) is 102 Å². The molecule has 0 aromatic heterocycles. The van der Waals surface area contributed by atoms with E-state index in [0.717, 1.165) is 17.7 Å². The summed E-state index contributed by atoms with van der Waals surface area (Å²) < 4.78 is 10.7. The average molecular weight is 471 g/mol. The molecule has 2 unspecified atom stereocenters. The lowest BCUT2D eigenvalue weighted by Gasteiger charge is -2.19. The first-order valence-corrected chi connectivity index (χ1v) is 11.1. The van der Waals surface area contributed by atoms with Gasteiger partial charge in [0.05, 0.1) is 16.9 Å². The van der Waals surface area contributed by atoms with Crippen LogP contribution >= 0.6 is 11.6 Å². The van der Waals surface area contributed by atoms with E-state index in [1.165, 1.54) is 0 Å². The van der Waals surface area contributed by atoms with E-state index in [1.54, 1.807) is 48.5 Å². The summed E-state index contributed by atoms with van der Waals surface area (Å²) in [4.78, 5) is 50.1. The van der Waals surface area contributed by atoms with Gasteiger partial charge in [0.25, 0.3) is 5.91 Å². The Kier molecular flexibility index (Phi) is 6.93. The fourth-order valence-corrected chi connectivity index (χ4v) is 4.34. The summed E-state index contributed by atoms with van der Waals surface area (Å²) in [7, 11) is 0. The molecule has 2 atom stereocenters. The molecule has 9 heteroatoms. The molecule has 1 aliphatic heterocycles. The minimum atomic E-state index is -0.797. The second kappa shape index (κ2) is 10.0. The number of rotatable bonds is 7. The molecule has 0 spiro atoms. The number of carbonyl (C=O) groups is 4. The number of para-hydroxylation sites is 1. The van der Waals surface area contributed by atoms with Crippen molar-refractivity contribution in [3.05, 3.63) is 53.6 Å². The summed E-state index contributed by atoms with van der Waals surface area (Å²) >= 11 is 6.07. The number of benzene rings is 2. The molecule has 0 bridgehead atoms. The van der Waals surface area contributed by atoms with Crippen LogP contribution in [0.25, 0.3) is 0 Å². The molecule has 1 N–H and O–H groups in total. The highest BCUT2D eigenvalue weighted by Crippen LogP contribution is 2.37. The lowest BCUT2D eigenvalue weighted by Crippen LogP contribution is -2.37. The van der Waals surface area contributed by atoms with E-state index >= 15 is 0 Å². The van der Waals surface area contributed by atoms with Gasteiger partial charge in [0, 0.05) is 5.69 Å². The number of halogens is 1. The highest BCUT2D eigenvalue weighted by atomic mass is 35.5. The van der Waals surface area contributed by atoms with Gasteiger partial charge in [-0.05, 0) is 49.2 Å². The average Bonchev–Trinajstić information content (AvgIpc) is 3.05. The van der Waals surface area contributed by atoms with Crippen LogP contribution in [0.2, 0.25) is 5.02 Å². The van der Waals surface area contributed by atoms with Crippen molar-refractivity contribution in [2.75, 3.05) is 18.5 Å². The SMILES string of the molecule is O=C(COC(=O)CN1C(=O)C2CCCCC2C1=O)Nc1ccc(Oc2ccccc2Cl)cc1. The number of nitrogens with one attached hydrogen (secondary N) is 1. The van der Waals surface area contributed by atoms with Crippen LogP contribution in [0.15, 0.2) is 48.5 Å². The molecule has 33 heavy (non-hydrogen) atoms. The Hall–Kier alpha value is -3.39. The molecule has 2 fully saturated rings. The third kappa shape index (κ3) is 5.34. The molecule has 3 amide bonds. The predicted molar refractivity (Wildman–Crippen MR) is 120 cm³/mol. The van der Waals surface area contributed by atoms with Crippen molar-refractivity contribution in [2.45, 2.75) is 25.7 Å². The molecule has 2 aliphatic rings. The summed E-state index contributed by atoms with van der Waals surface area (Å²) in [6.07, 6.45) is 3.16. The second-order valence-electron chi connectivity index (χ2n) is 8.03. The fourth-order valence-electron chi connectivity index (χ4n) is 4.17. The van der Waals surface area contributed by atoms with Crippen molar-refractivity contribution in [1.29, 1.82) is 0 Å².